The molecule has 2 aromatic rings. The quantitative estimate of drug-likeness (QED) is 0.927. The van der Waals surface area contributed by atoms with Gasteiger partial charge in [-0.25, -0.2) is 0 Å². The van der Waals surface area contributed by atoms with Crippen LogP contribution in [-0.2, 0) is 6.42 Å². The Labute approximate surface area is 139 Å². The summed E-state index contributed by atoms with van der Waals surface area (Å²) in [6.07, 6.45) is 6.04. The molecule has 1 aromatic carbocycles. The van der Waals surface area contributed by atoms with E-state index in [1.165, 1.54) is 6.42 Å². The smallest absolute Gasteiger partial charge is 0.309 e. The fourth-order valence-electron chi connectivity index (χ4n) is 3.14. The first-order chi connectivity index (χ1) is 11.8. The fraction of sp³-hybridized carbons (Fsp3) is 0.471. The van der Waals surface area contributed by atoms with Gasteiger partial charge in [-0.2, -0.15) is 0 Å². The molecule has 2 heterocycles. The highest BCUT2D eigenvalue weighted by atomic mass is 16.7. The molecule has 0 atom stereocenters. The molecule has 1 saturated carbocycles. The van der Waals surface area contributed by atoms with E-state index in [2.05, 4.69) is 15.5 Å². The van der Waals surface area contributed by atoms with Gasteiger partial charge in [0.25, 0.3) is 0 Å². The maximum atomic E-state index is 12.2. The third-order valence-corrected chi connectivity index (χ3v) is 4.39. The number of hydrogen-bond acceptors (Lipinski definition) is 6. The largest absolute Gasteiger partial charge is 0.454 e. The molecule has 0 radical (unpaired) electrons. The molecule has 126 valence electrons. The van der Waals surface area contributed by atoms with E-state index in [9.17, 15) is 4.79 Å². The van der Waals surface area contributed by atoms with Gasteiger partial charge < -0.3 is 19.2 Å². The number of hydrogen-bond donors (Lipinski definition) is 1. The van der Waals surface area contributed by atoms with Gasteiger partial charge in [0.05, 0.1) is 6.42 Å². The number of carbonyl (C=O) groups is 1. The van der Waals surface area contributed by atoms with Gasteiger partial charge in [0.15, 0.2) is 11.5 Å². The van der Waals surface area contributed by atoms with Crippen molar-refractivity contribution in [1.82, 2.24) is 15.5 Å². The molecule has 2 aliphatic rings. The normalized spacial score (nSPS) is 17.0. The van der Waals surface area contributed by atoms with Gasteiger partial charge in [0.1, 0.15) is 0 Å². The zero-order valence-electron chi connectivity index (χ0n) is 13.3. The van der Waals surface area contributed by atoms with Gasteiger partial charge in [-0.1, -0.05) is 25.3 Å². The second-order valence-corrected chi connectivity index (χ2v) is 6.17. The second-order valence-electron chi connectivity index (χ2n) is 6.17. The monoisotopic (exact) mass is 329 g/mol. The number of benzene rings is 1. The van der Waals surface area contributed by atoms with Crippen LogP contribution in [0.4, 0.5) is 0 Å². The summed E-state index contributed by atoms with van der Waals surface area (Å²) in [5.74, 6) is 1.59. The SMILES string of the molecule is O=C(NC1CCCCC1)c1nnc(Cc2ccc3c(c2)OCO3)o1. The Kier molecular flexibility index (Phi) is 4.06. The Hall–Kier alpha value is -2.57. The van der Waals surface area contributed by atoms with E-state index in [-0.39, 0.29) is 24.6 Å². The van der Waals surface area contributed by atoms with E-state index in [4.69, 9.17) is 13.9 Å². The number of rotatable bonds is 4. The number of nitrogens with one attached hydrogen (secondary N) is 1. The zero-order valence-corrected chi connectivity index (χ0v) is 13.3. The van der Waals surface area contributed by atoms with Crippen molar-refractivity contribution in [1.29, 1.82) is 0 Å². The van der Waals surface area contributed by atoms with E-state index in [1.54, 1.807) is 0 Å². The third kappa shape index (κ3) is 3.20. The van der Waals surface area contributed by atoms with Crippen molar-refractivity contribution in [3.63, 3.8) is 0 Å². The van der Waals surface area contributed by atoms with Crippen LogP contribution >= 0.6 is 0 Å². The third-order valence-electron chi connectivity index (χ3n) is 4.39. The van der Waals surface area contributed by atoms with Crippen LogP contribution < -0.4 is 14.8 Å². The zero-order chi connectivity index (χ0) is 16.4. The van der Waals surface area contributed by atoms with Crippen molar-refractivity contribution in [2.24, 2.45) is 0 Å². The van der Waals surface area contributed by atoms with E-state index in [0.29, 0.717) is 18.1 Å². The minimum absolute atomic E-state index is 0.0244. The van der Waals surface area contributed by atoms with Crippen LogP contribution in [0.1, 0.15) is 54.2 Å². The second kappa shape index (κ2) is 6.51. The number of carbonyl (C=O) groups excluding carboxylic acids is 1. The number of ether oxygens (including phenoxy) is 2. The molecule has 0 spiro atoms. The summed E-state index contributed by atoms with van der Waals surface area (Å²) in [4.78, 5) is 12.2. The molecule has 24 heavy (non-hydrogen) atoms. The lowest BCUT2D eigenvalue weighted by Gasteiger charge is -2.21. The molecule has 1 N–H and O–H groups in total. The van der Waals surface area contributed by atoms with Crippen molar-refractivity contribution in [3.05, 3.63) is 35.5 Å². The summed E-state index contributed by atoms with van der Waals surface area (Å²) in [6, 6.07) is 5.87. The predicted octanol–water partition coefficient (Wildman–Crippen LogP) is 2.45. The molecule has 0 saturated heterocycles. The maximum Gasteiger partial charge on any atom is 0.309 e. The average Bonchev–Trinajstić information content (AvgIpc) is 3.24. The van der Waals surface area contributed by atoms with Crippen molar-refractivity contribution in [3.8, 4) is 11.5 Å². The van der Waals surface area contributed by atoms with E-state index in [0.717, 1.165) is 37.0 Å². The Morgan fingerprint density at radius 1 is 1.12 bits per heavy atom. The summed E-state index contributed by atoms with van der Waals surface area (Å²) >= 11 is 0. The summed E-state index contributed by atoms with van der Waals surface area (Å²) in [7, 11) is 0. The molecule has 7 heteroatoms. The first-order valence-corrected chi connectivity index (χ1v) is 8.30. The van der Waals surface area contributed by atoms with E-state index in [1.807, 2.05) is 18.2 Å². The molecule has 0 unspecified atom stereocenters. The average molecular weight is 329 g/mol. The highest BCUT2D eigenvalue weighted by molar-refractivity contribution is 5.89. The van der Waals surface area contributed by atoms with Crippen molar-refractivity contribution in [2.75, 3.05) is 6.79 Å². The first kappa shape index (κ1) is 15.0. The van der Waals surface area contributed by atoms with Crippen molar-refractivity contribution >= 4 is 5.91 Å². The lowest BCUT2D eigenvalue weighted by atomic mass is 9.95. The lowest BCUT2D eigenvalue weighted by Crippen LogP contribution is -2.36. The van der Waals surface area contributed by atoms with Crippen LogP contribution in [0.2, 0.25) is 0 Å². The van der Waals surface area contributed by atoms with Crippen molar-refractivity contribution < 1.29 is 18.7 Å². The van der Waals surface area contributed by atoms with Gasteiger partial charge in [-0.05, 0) is 30.5 Å². The maximum absolute atomic E-state index is 12.2. The molecule has 0 bridgehead atoms. The minimum Gasteiger partial charge on any atom is -0.454 e. The van der Waals surface area contributed by atoms with Crippen LogP contribution in [0.3, 0.4) is 0 Å². The Morgan fingerprint density at radius 3 is 2.83 bits per heavy atom. The summed E-state index contributed by atoms with van der Waals surface area (Å²) in [5, 5.41) is 10.8. The van der Waals surface area contributed by atoms with Gasteiger partial charge in [0, 0.05) is 6.04 Å². The van der Waals surface area contributed by atoms with Gasteiger partial charge >= 0.3 is 11.8 Å². The lowest BCUT2D eigenvalue weighted by molar-refractivity contribution is 0.0890. The number of aromatic nitrogens is 2. The number of nitrogens with zero attached hydrogens (tertiary/aromatic N) is 2. The van der Waals surface area contributed by atoms with Crippen LogP contribution in [-0.4, -0.2) is 28.9 Å². The highest BCUT2D eigenvalue weighted by Crippen LogP contribution is 2.33. The molecular weight excluding hydrogens is 310 g/mol. The molecule has 4 rings (SSSR count). The van der Waals surface area contributed by atoms with E-state index < -0.39 is 0 Å². The standard InChI is InChI=1S/C17H19N3O4/c21-16(18-12-4-2-1-3-5-12)17-20-19-15(24-17)9-11-6-7-13-14(8-11)23-10-22-13/h6-8,12H,1-5,9-10H2,(H,18,21). The highest BCUT2D eigenvalue weighted by Gasteiger charge is 2.21. The molecule has 1 aliphatic heterocycles. The van der Waals surface area contributed by atoms with Gasteiger partial charge in [-0.15, -0.1) is 10.2 Å². The topological polar surface area (TPSA) is 86.5 Å². The molecule has 1 amide bonds. The van der Waals surface area contributed by atoms with Crippen LogP contribution in [0, 0.1) is 0 Å². The molecule has 1 fully saturated rings. The van der Waals surface area contributed by atoms with Crippen LogP contribution in [0.15, 0.2) is 22.6 Å². The molecular formula is C17H19N3O4. The Bertz CT molecular complexity index is 737. The molecule has 1 aliphatic carbocycles. The predicted molar refractivity (Wildman–Crippen MR) is 84.0 cm³/mol. The first-order valence-electron chi connectivity index (χ1n) is 8.30. The number of amides is 1. The van der Waals surface area contributed by atoms with Crippen molar-refractivity contribution in [2.45, 2.75) is 44.6 Å². The molecule has 1 aromatic heterocycles. The minimum atomic E-state index is -0.286. The summed E-state index contributed by atoms with van der Waals surface area (Å²) in [5.41, 5.74) is 0.960. The fourth-order valence-corrected chi connectivity index (χ4v) is 3.14. The van der Waals surface area contributed by atoms with Crippen LogP contribution in [0.5, 0.6) is 11.5 Å². The summed E-state index contributed by atoms with van der Waals surface area (Å²) in [6.45, 7) is 0.241. The van der Waals surface area contributed by atoms with E-state index >= 15 is 0 Å². The van der Waals surface area contributed by atoms with Crippen LogP contribution in [0.25, 0.3) is 0 Å². The van der Waals surface area contributed by atoms with Gasteiger partial charge in [0.2, 0.25) is 12.7 Å². The van der Waals surface area contributed by atoms with Gasteiger partial charge in [-0.3, -0.25) is 4.79 Å². The molecule has 7 nitrogen and oxygen atoms in total. The number of fused-ring (bicyclic) bond motifs is 1. The Morgan fingerprint density at radius 2 is 1.96 bits per heavy atom. The summed E-state index contributed by atoms with van der Waals surface area (Å²) < 4.78 is 16.1. The Balaban J connectivity index is 1.40.